The zero-order valence-electron chi connectivity index (χ0n) is 14.0. The Bertz CT molecular complexity index is 371. The molecule has 0 bridgehead atoms. The number of guanidine groups is 1. The molecule has 0 radical (unpaired) electrons. The highest BCUT2D eigenvalue weighted by atomic mass is 32.2. The summed E-state index contributed by atoms with van der Waals surface area (Å²) in [5.41, 5.74) is -0.482. The maximum atomic E-state index is 11.9. The van der Waals surface area contributed by atoms with Crippen molar-refractivity contribution in [3.8, 4) is 0 Å². The first-order valence-corrected chi connectivity index (χ1v) is 8.86. The van der Waals surface area contributed by atoms with Crippen molar-refractivity contribution < 1.29 is 4.79 Å². The number of aliphatic imine (C=N–C) groups is 1. The summed E-state index contributed by atoms with van der Waals surface area (Å²) in [6.07, 6.45) is 1.18. The van der Waals surface area contributed by atoms with E-state index in [-0.39, 0.29) is 5.91 Å². The van der Waals surface area contributed by atoms with Crippen LogP contribution in [0.4, 0.5) is 0 Å². The van der Waals surface area contributed by atoms with E-state index in [0.717, 1.165) is 31.3 Å². The van der Waals surface area contributed by atoms with E-state index in [1.54, 1.807) is 7.05 Å². The Labute approximate surface area is 133 Å². The molecular weight excluding hydrogens is 284 g/mol. The maximum absolute atomic E-state index is 11.9. The van der Waals surface area contributed by atoms with Crippen LogP contribution in [0, 0.1) is 5.41 Å². The van der Waals surface area contributed by atoms with Crippen LogP contribution in [0.25, 0.3) is 0 Å². The standard InChI is InChI=1S/C15H30N4OS/c1-6-12-10-19(8-9-21-12)14(17-7-2)18-11-15(3,4)13(20)16-5/h12H,6-11H2,1-5H3,(H,16,20)(H,17,18). The normalized spacial score (nSPS) is 20.3. The van der Waals surface area contributed by atoms with Crippen molar-refractivity contribution in [3.05, 3.63) is 0 Å². The van der Waals surface area contributed by atoms with Gasteiger partial charge in [-0.25, -0.2) is 0 Å². The second kappa shape index (κ2) is 8.51. The van der Waals surface area contributed by atoms with E-state index in [0.29, 0.717) is 11.8 Å². The van der Waals surface area contributed by atoms with Crippen molar-refractivity contribution in [1.82, 2.24) is 15.5 Å². The highest BCUT2D eigenvalue weighted by Gasteiger charge is 2.27. The third-order valence-corrected chi connectivity index (χ3v) is 5.07. The highest BCUT2D eigenvalue weighted by molar-refractivity contribution is 8.00. The number of rotatable bonds is 5. The van der Waals surface area contributed by atoms with Crippen molar-refractivity contribution in [1.29, 1.82) is 0 Å². The van der Waals surface area contributed by atoms with Gasteiger partial charge in [0.25, 0.3) is 0 Å². The van der Waals surface area contributed by atoms with Crippen molar-refractivity contribution in [3.63, 3.8) is 0 Å². The Morgan fingerprint density at radius 3 is 2.71 bits per heavy atom. The molecule has 1 rings (SSSR count). The van der Waals surface area contributed by atoms with Crippen LogP contribution in [0.5, 0.6) is 0 Å². The quantitative estimate of drug-likeness (QED) is 0.597. The molecule has 6 heteroatoms. The molecule has 1 heterocycles. The van der Waals surface area contributed by atoms with E-state index in [1.165, 1.54) is 6.42 Å². The molecule has 1 aliphatic heterocycles. The molecule has 0 aliphatic carbocycles. The van der Waals surface area contributed by atoms with Gasteiger partial charge in [0.2, 0.25) is 5.91 Å². The molecule has 2 N–H and O–H groups in total. The Hall–Kier alpha value is -0.910. The van der Waals surface area contributed by atoms with Gasteiger partial charge in [-0.1, -0.05) is 6.92 Å². The fourth-order valence-corrected chi connectivity index (χ4v) is 3.45. The smallest absolute Gasteiger partial charge is 0.227 e. The molecule has 1 saturated heterocycles. The third kappa shape index (κ3) is 5.41. The van der Waals surface area contributed by atoms with E-state index < -0.39 is 5.41 Å². The lowest BCUT2D eigenvalue weighted by Gasteiger charge is -2.34. The Morgan fingerprint density at radius 2 is 2.14 bits per heavy atom. The number of hydrogen-bond donors (Lipinski definition) is 2. The molecule has 122 valence electrons. The van der Waals surface area contributed by atoms with Crippen LogP contribution in [0.1, 0.15) is 34.1 Å². The first-order valence-electron chi connectivity index (χ1n) is 7.81. The molecule has 5 nitrogen and oxygen atoms in total. The van der Waals surface area contributed by atoms with Crippen LogP contribution >= 0.6 is 11.8 Å². The second-order valence-corrected chi connectivity index (χ2v) is 7.39. The monoisotopic (exact) mass is 314 g/mol. The van der Waals surface area contributed by atoms with E-state index in [4.69, 9.17) is 4.99 Å². The third-order valence-electron chi connectivity index (χ3n) is 3.69. The summed E-state index contributed by atoms with van der Waals surface area (Å²) >= 11 is 2.05. The van der Waals surface area contributed by atoms with Crippen LogP contribution in [0.15, 0.2) is 4.99 Å². The fraction of sp³-hybridized carbons (Fsp3) is 0.867. The van der Waals surface area contributed by atoms with E-state index in [2.05, 4.69) is 29.4 Å². The zero-order chi connectivity index (χ0) is 15.9. The fourth-order valence-electron chi connectivity index (χ4n) is 2.27. The number of carbonyl (C=O) groups excluding carboxylic acids is 1. The molecule has 0 saturated carbocycles. The van der Waals surface area contributed by atoms with E-state index in [1.807, 2.05) is 25.6 Å². The number of nitrogens with one attached hydrogen (secondary N) is 2. The summed E-state index contributed by atoms with van der Waals surface area (Å²) in [4.78, 5) is 18.9. The SMILES string of the molecule is CCNC(=NCC(C)(C)C(=O)NC)N1CCSC(CC)C1. The van der Waals surface area contributed by atoms with Crippen molar-refractivity contribution >= 4 is 23.6 Å². The lowest BCUT2D eigenvalue weighted by molar-refractivity contribution is -0.128. The minimum Gasteiger partial charge on any atom is -0.359 e. The number of hydrogen-bond acceptors (Lipinski definition) is 3. The molecule has 1 aliphatic rings. The average Bonchev–Trinajstić information content (AvgIpc) is 2.50. The molecule has 21 heavy (non-hydrogen) atoms. The average molecular weight is 314 g/mol. The summed E-state index contributed by atoms with van der Waals surface area (Å²) in [5.74, 6) is 2.11. The molecule has 0 aromatic rings. The predicted molar refractivity (Wildman–Crippen MR) is 91.9 cm³/mol. The largest absolute Gasteiger partial charge is 0.359 e. The van der Waals surface area contributed by atoms with E-state index >= 15 is 0 Å². The molecule has 1 amide bonds. The number of carbonyl (C=O) groups is 1. The van der Waals surface area contributed by atoms with Gasteiger partial charge in [0.05, 0.1) is 12.0 Å². The van der Waals surface area contributed by atoms with Crippen LogP contribution < -0.4 is 10.6 Å². The Balaban J connectivity index is 2.75. The van der Waals surface area contributed by atoms with Crippen molar-refractivity contribution in [2.75, 3.05) is 39.0 Å². The number of nitrogens with zero attached hydrogens (tertiary/aromatic N) is 2. The lowest BCUT2D eigenvalue weighted by atomic mass is 9.93. The van der Waals surface area contributed by atoms with Crippen LogP contribution in [0.2, 0.25) is 0 Å². The van der Waals surface area contributed by atoms with Gasteiger partial charge in [0.1, 0.15) is 0 Å². The molecule has 1 atom stereocenters. The topological polar surface area (TPSA) is 56.7 Å². The van der Waals surface area contributed by atoms with Gasteiger partial charge in [0.15, 0.2) is 5.96 Å². The summed E-state index contributed by atoms with van der Waals surface area (Å²) in [5, 5.41) is 6.75. The summed E-state index contributed by atoms with van der Waals surface area (Å²) in [7, 11) is 1.67. The van der Waals surface area contributed by atoms with Gasteiger partial charge < -0.3 is 15.5 Å². The first kappa shape index (κ1) is 18.1. The molecular formula is C15H30N4OS. The van der Waals surface area contributed by atoms with Crippen LogP contribution in [0.3, 0.4) is 0 Å². The molecule has 1 fully saturated rings. The molecule has 1 unspecified atom stereocenters. The lowest BCUT2D eigenvalue weighted by Crippen LogP contribution is -2.48. The van der Waals surface area contributed by atoms with Crippen LogP contribution in [-0.4, -0.2) is 61.0 Å². The van der Waals surface area contributed by atoms with Gasteiger partial charge in [-0.3, -0.25) is 9.79 Å². The van der Waals surface area contributed by atoms with Crippen LogP contribution in [-0.2, 0) is 4.79 Å². The van der Waals surface area contributed by atoms with Crippen molar-refractivity contribution in [2.45, 2.75) is 39.4 Å². The highest BCUT2D eigenvalue weighted by Crippen LogP contribution is 2.21. The Morgan fingerprint density at radius 1 is 1.43 bits per heavy atom. The predicted octanol–water partition coefficient (Wildman–Crippen LogP) is 1.55. The summed E-state index contributed by atoms with van der Waals surface area (Å²) in [6, 6.07) is 0. The number of amides is 1. The van der Waals surface area contributed by atoms with Gasteiger partial charge in [-0.2, -0.15) is 11.8 Å². The number of thioether (sulfide) groups is 1. The molecule has 0 aromatic heterocycles. The van der Waals surface area contributed by atoms with Gasteiger partial charge in [-0.15, -0.1) is 0 Å². The summed E-state index contributed by atoms with van der Waals surface area (Å²) in [6.45, 7) is 11.6. The summed E-state index contributed by atoms with van der Waals surface area (Å²) < 4.78 is 0. The maximum Gasteiger partial charge on any atom is 0.227 e. The van der Waals surface area contributed by atoms with Gasteiger partial charge in [-0.05, 0) is 27.2 Å². The molecule has 0 spiro atoms. The van der Waals surface area contributed by atoms with Gasteiger partial charge in [0, 0.05) is 37.7 Å². The zero-order valence-corrected chi connectivity index (χ0v) is 14.8. The second-order valence-electron chi connectivity index (χ2n) is 5.98. The molecule has 0 aromatic carbocycles. The minimum absolute atomic E-state index is 0.0303. The first-order chi connectivity index (χ1) is 9.94. The van der Waals surface area contributed by atoms with E-state index in [9.17, 15) is 4.79 Å². The van der Waals surface area contributed by atoms with Gasteiger partial charge >= 0.3 is 0 Å². The minimum atomic E-state index is -0.482. The Kier molecular flexibility index (Phi) is 7.35. The van der Waals surface area contributed by atoms with Crippen molar-refractivity contribution in [2.24, 2.45) is 10.4 Å².